The number of amides is 2. The number of carbonyl (C=O) groups excluding carboxylic acids is 2. The van der Waals surface area contributed by atoms with Crippen LogP contribution in [-0.2, 0) is 10.0 Å². The van der Waals surface area contributed by atoms with Crippen LogP contribution in [0.2, 0.25) is 5.02 Å². The molecular weight excluding hydrogens is 452 g/mol. The van der Waals surface area contributed by atoms with Crippen molar-refractivity contribution in [3.05, 3.63) is 58.9 Å². The summed E-state index contributed by atoms with van der Waals surface area (Å²) in [7, 11) is -2.25. The van der Waals surface area contributed by atoms with Crippen LogP contribution in [-0.4, -0.2) is 66.6 Å². The highest BCUT2D eigenvalue weighted by atomic mass is 35.5. The number of hydrogen-bond acceptors (Lipinski definition) is 5. The zero-order valence-electron chi connectivity index (χ0n) is 18.3. The molecule has 3 rings (SSSR count). The van der Waals surface area contributed by atoms with Crippen molar-refractivity contribution in [1.82, 2.24) is 19.5 Å². The Balaban J connectivity index is 1.66. The fourth-order valence-electron chi connectivity index (χ4n) is 3.45. The van der Waals surface area contributed by atoms with Crippen molar-refractivity contribution in [3.63, 3.8) is 0 Å². The third-order valence-corrected chi connectivity index (χ3v) is 7.99. The Kier molecular flexibility index (Phi) is 7.53. The van der Waals surface area contributed by atoms with E-state index in [-0.39, 0.29) is 33.5 Å². The summed E-state index contributed by atoms with van der Waals surface area (Å²) in [5, 5.41) is 3.11. The molecule has 1 aliphatic heterocycles. The predicted octanol–water partition coefficient (Wildman–Crippen LogP) is 2.80. The smallest absolute Gasteiger partial charge is 0.253 e. The van der Waals surface area contributed by atoms with E-state index in [4.69, 9.17) is 11.6 Å². The predicted molar refractivity (Wildman–Crippen MR) is 122 cm³/mol. The summed E-state index contributed by atoms with van der Waals surface area (Å²) in [4.78, 5) is 31.1. The maximum atomic E-state index is 12.9. The normalized spacial score (nSPS) is 15.2. The molecule has 32 heavy (non-hydrogen) atoms. The summed E-state index contributed by atoms with van der Waals surface area (Å²) in [6.45, 7) is 4.56. The fraction of sp³-hybridized carbons (Fsp3) is 0.409. The lowest BCUT2D eigenvalue weighted by molar-refractivity contribution is 0.0698. The molecule has 1 aliphatic rings. The molecule has 1 fully saturated rings. The van der Waals surface area contributed by atoms with Gasteiger partial charge in [-0.2, -0.15) is 4.31 Å². The zero-order chi connectivity index (χ0) is 23.5. The summed E-state index contributed by atoms with van der Waals surface area (Å²) in [5.41, 5.74) is 0.693. The van der Waals surface area contributed by atoms with E-state index < -0.39 is 15.9 Å². The van der Waals surface area contributed by atoms with Crippen LogP contribution < -0.4 is 5.32 Å². The molecule has 0 radical (unpaired) electrons. The highest BCUT2D eigenvalue weighted by molar-refractivity contribution is 7.89. The van der Waals surface area contributed by atoms with E-state index in [0.29, 0.717) is 31.5 Å². The Morgan fingerprint density at radius 3 is 2.38 bits per heavy atom. The molecule has 2 aromatic rings. The van der Waals surface area contributed by atoms with Gasteiger partial charge in [-0.25, -0.2) is 8.42 Å². The van der Waals surface area contributed by atoms with Crippen LogP contribution in [0.1, 0.15) is 47.4 Å². The lowest BCUT2D eigenvalue weighted by atomic mass is 10.0. The van der Waals surface area contributed by atoms with E-state index in [2.05, 4.69) is 10.3 Å². The minimum atomic E-state index is -3.74. The molecule has 0 atom stereocenters. The molecule has 0 unspecified atom stereocenters. The molecule has 0 bridgehead atoms. The first kappa shape index (κ1) is 24.2. The van der Waals surface area contributed by atoms with Gasteiger partial charge in [-0.1, -0.05) is 11.6 Å². The monoisotopic (exact) mass is 478 g/mol. The van der Waals surface area contributed by atoms with Crippen molar-refractivity contribution in [2.75, 3.05) is 20.1 Å². The number of piperidine rings is 1. The molecule has 1 aromatic carbocycles. The van der Waals surface area contributed by atoms with E-state index in [0.717, 1.165) is 0 Å². The first-order chi connectivity index (χ1) is 15.1. The van der Waals surface area contributed by atoms with E-state index in [9.17, 15) is 18.0 Å². The lowest BCUT2D eigenvalue weighted by Gasteiger charge is -2.32. The van der Waals surface area contributed by atoms with Crippen molar-refractivity contribution < 1.29 is 18.0 Å². The number of rotatable bonds is 6. The van der Waals surface area contributed by atoms with Crippen molar-refractivity contribution in [3.8, 4) is 0 Å². The van der Waals surface area contributed by atoms with Gasteiger partial charge in [-0.05, 0) is 57.0 Å². The topological polar surface area (TPSA) is 99.7 Å². The van der Waals surface area contributed by atoms with Gasteiger partial charge in [-0.15, -0.1) is 0 Å². The number of benzene rings is 1. The van der Waals surface area contributed by atoms with Crippen LogP contribution >= 0.6 is 11.6 Å². The molecule has 1 N–H and O–H groups in total. The van der Waals surface area contributed by atoms with Crippen LogP contribution in [0.5, 0.6) is 0 Å². The summed E-state index contributed by atoms with van der Waals surface area (Å²) < 4.78 is 26.8. The standard InChI is InChI=1S/C22H27ClN4O4S/c1-15(2)26(3)32(30,31)18-4-5-20(23)19(14-18)21(28)25-17-8-12-27(13-9-17)22(29)16-6-10-24-11-7-16/h4-7,10-11,14-15,17H,8-9,12-13H2,1-3H3,(H,25,28). The van der Waals surface area contributed by atoms with E-state index >= 15 is 0 Å². The Morgan fingerprint density at radius 2 is 1.78 bits per heavy atom. The van der Waals surface area contributed by atoms with Crippen LogP contribution in [0.25, 0.3) is 0 Å². The van der Waals surface area contributed by atoms with Gasteiger partial charge in [0, 0.05) is 50.2 Å². The highest BCUT2D eigenvalue weighted by Gasteiger charge is 2.27. The number of carbonyl (C=O) groups is 2. The first-order valence-electron chi connectivity index (χ1n) is 10.4. The number of halogens is 1. The van der Waals surface area contributed by atoms with Crippen LogP contribution in [0.3, 0.4) is 0 Å². The Labute approximate surface area is 193 Å². The number of sulfonamides is 1. The maximum Gasteiger partial charge on any atom is 0.253 e. The molecule has 10 heteroatoms. The Hall–Kier alpha value is -2.49. The quantitative estimate of drug-likeness (QED) is 0.688. The molecule has 172 valence electrons. The average Bonchev–Trinajstić information content (AvgIpc) is 2.79. The van der Waals surface area contributed by atoms with Gasteiger partial charge in [0.25, 0.3) is 11.8 Å². The van der Waals surface area contributed by atoms with Gasteiger partial charge in [-0.3, -0.25) is 14.6 Å². The van der Waals surface area contributed by atoms with E-state index in [1.165, 1.54) is 29.6 Å². The van der Waals surface area contributed by atoms with Gasteiger partial charge < -0.3 is 10.2 Å². The molecule has 2 heterocycles. The summed E-state index contributed by atoms with van der Waals surface area (Å²) in [6.07, 6.45) is 4.34. The largest absolute Gasteiger partial charge is 0.349 e. The Bertz CT molecular complexity index is 1080. The van der Waals surface area contributed by atoms with Gasteiger partial charge in [0.1, 0.15) is 0 Å². The lowest BCUT2D eigenvalue weighted by Crippen LogP contribution is -2.46. The number of aromatic nitrogens is 1. The van der Waals surface area contributed by atoms with Crippen molar-refractivity contribution >= 4 is 33.4 Å². The summed E-state index contributed by atoms with van der Waals surface area (Å²) in [5.74, 6) is -0.495. The molecule has 0 saturated carbocycles. The second kappa shape index (κ2) is 9.97. The van der Waals surface area contributed by atoms with Gasteiger partial charge in [0.15, 0.2) is 0 Å². The molecule has 8 nitrogen and oxygen atoms in total. The minimum Gasteiger partial charge on any atom is -0.349 e. The third kappa shape index (κ3) is 5.28. The number of nitrogens with zero attached hydrogens (tertiary/aromatic N) is 3. The Morgan fingerprint density at radius 1 is 1.16 bits per heavy atom. The van der Waals surface area contributed by atoms with Gasteiger partial charge in [0.2, 0.25) is 10.0 Å². The maximum absolute atomic E-state index is 12.9. The second-order valence-electron chi connectivity index (χ2n) is 8.03. The highest BCUT2D eigenvalue weighted by Crippen LogP contribution is 2.24. The number of nitrogens with one attached hydrogen (secondary N) is 1. The molecule has 0 spiro atoms. The molecular formula is C22H27ClN4O4S. The summed E-state index contributed by atoms with van der Waals surface area (Å²) in [6, 6.07) is 7.12. The molecule has 0 aliphatic carbocycles. The average molecular weight is 479 g/mol. The van der Waals surface area contributed by atoms with E-state index in [1.54, 1.807) is 43.3 Å². The van der Waals surface area contributed by atoms with Crippen LogP contribution in [0.15, 0.2) is 47.6 Å². The van der Waals surface area contributed by atoms with Gasteiger partial charge >= 0.3 is 0 Å². The second-order valence-corrected chi connectivity index (χ2v) is 10.4. The fourth-order valence-corrected chi connectivity index (χ4v) is 5.05. The first-order valence-corrected chi connectivity index (χ1v) is 12.2. The SMILES string of the molecule is CC(C)N(C)S(=O)(=O)c1ccc(Cl)c(C(=O)NC2CCN(C(=O)c3ccncc3)CC2)c1. The summed E-state index contributed by atoms with van der Waals surface area (Å²) >= 11 is 6.21. The van der Waals surface area contributed by atoms with Crippen LogP contribution in [0.4, 0.5) is 0 Å². The number of likely N-dealkylation sites (tertiary alicyclic amines) is 1. The minimum absolute atomic E-state index is 0.0148. The molecule has 2 amide bonds. The molecule has 1 aromatic heterocycles. The van der Waals surface area contributed by atoms with Crippen molar-refractivity contribution in [2.45, 2.75) is 43.7 Å². The number of hydrogen-bond donors (Lipinski definition) is 1. The zero-order valence-corrected chi connectivity index (χ0v) is 19.9. The van der Waals surface area contributed by atoms with Crippen molar-refractivity contribution in [1.29, 1.82) is 0 Å². The molecule has 1 saturated heterocycles. The van der Waals surface area contributed by atoms with Gasteiger partial charge in [0.05, 0.1) is 15.5 Å². The van der Waals surface area contributed by atoms with Crippen molar-refractivity contribution in [2.24, 2.45) is 0 Å². The van der Waals surface area contributed by atoms with E-state index in [1.807, 2.05) is 0 Å². The third-order valence-electron chi connectivity index (χ3n) is 5.63. The van der Waals surface area contributed by atoms with Crippen LogP contribution in [0, 0.1) is 0 Å². The number of pyridine rings is 1.